The quantitative estimate of drug-likeness (QED) is 0.0761. The minimum atomic E-state index is -1.61. The van der Waals surface area contributed by atoms with Crippen LogP contribution in [0.15, 0.2) is 0 Å². The first kappa shape index (κ1) is 32.2. The van der Waals surface area contributed by atoms with E-state index in [-0.39, 0.29) is 6.42 Å². The normalized spacial score (nSPS) is 13.9. The third-order valence-corrected chi connectivity index (χ3v) is 4.62. The number of carbonyl (C=O) groups excluding carboxylic acids is 6. The van der Waals surface area contributed by atoms with E-state index in [1.807, 2.05) is 0 Å². The Balaban J connectivity index is 5.03. The van der Waals surface area contributed by atoms with Crippen molar-refractivity contribution in [3.63, 3.8) is 0 Å². The number of carbonyl (C=O) groups is 7. The second-order valence-electron chi connectivity index (χ2n) is 7.71. The summed E-state index contributed by atoms with van der Waals surface area (Å²) >= 11 is 0. The van der Waals surface area contributed by atoms with Crippen molar-refractivity contribution in [3.05, 3.63) is 0 Å². The lowest BCUT2D eigenvalue weighted by atomic mass is 10.1. The molecule has 0 bridgehead atoms. The first-order valence-corrected chi connectivity index (χ1v) is 10.9. The fourth-order valence-electron chi connectivity index (χ4n) is 2.75. The van der Waals surface area contributed by atoms with Gasteiger partial charge in [-0.25, -0.2) is 4.79 Å². The molecule has 0 rings (SSSR count). The number of nitrogens with two attached hydrogens (primary N) is 4. The van der Waals surface area contributed by atoms with Gasteiger partial charge in [0.25, 0.3) is 0 Å². The Bertz CT molecular complexity index is 823. The molecule has 4 atom stereocenters. The monoisotopic (exact) mass is 518 g/mol. The molecule has 0 radical (unpaired) electrons. The van der Waals surface area contributed by atoms with E-state index in [4.69, 9.17) is 22.9 Å². The zero-order valence-electron chi connectivity index (χ0n) is 19.5. The number of carboxylic acid groups (broad SMARTS) is 1. The van der Waals surface area contributed by atoms with Crippen molar-refractivity contribution in [1.29, 1.82) is 0 Å². The number of aliphatic hydroxyl groups is 1. The standard InChI is InChI=1S/C19H34N8O9/c20-4-2-1-3-10(19(35)36)25-15(31)7-24-17(33)12(8-28)27-18(34)11(6-14(23)30)26-16(32)9(21)5-13(22)29/h9-12,28H,1-8,20-21H2,(H2,22,29)(H2,23,30)(H,24,33)(H,25,31)(H,26,32)(H,27,34)(H,35,36)/t9-,10-,11-,12-/m0/s1. The van der Waals surface area contributed by atoms with Crippen LogP contribution >= 0.6 is 0 Å². The minimum absolute atomic E-state index is 0.123. The van der Waals surface area contributed by atoms with Crippen LogP contribution in [0.4, 0.5) is 0 Å². The molecule has 0 spiro atoms. The summed E-state index contributed by atoms with van der Waals surface area (Å²) in [5, 5.41) is 27.2. The van der Waals surface area contributed by atoms with Crippen LogP contribution in [0.5, 0.6) is 0 Å². The number of hydrogen-bond donors (Lipinski definition) is 10. The SMILES string of the molecule is NCCCC[C@H](NC(=O)CNC(=O)[C@H](CO)NC(=O)[C@H](CC(N)=O)NC(=O)[C@@H](N)CC(N)=O)C(=O)O. The number of aliphatic carboxylic acids is 1. The molecule has 6 amide bonds. The van der Waals surface area contributed by atoms with Crippen LogP contribution < -0.4 is 44.2 Å². The molecule has 17 heteroatoms. The second kappa shape index (κ2) is 16.7. The summed E-state index contributed by atoms with van der Waals surface area (Å²) in [4.78, 5) is 82.3. The lowest BCUT2D eigenvalue weighted by Gasteiger charge is -2.22. The van der Waals surface area contributed by atoms with Gasteiger partial charge in [0.05, 0.1) is 32.0 Å². The Kier molecular flexibility index (Phi) is 15.0. The van der Waals surface area contributed by atoms with Crippen molar-refractivity contribution < 1.29 is 43.8 Å². The Labute approximate surface area is 206 Å². The molecule has 17 nitrogen and oxygen atoms in total. The predicted molar refractivity (Wildman–Crippen MR) is 122 cm³/mol. The number of hydrogen-bond acceptors (Lipinski definition) is 10. The van der Waals surface area contributed by atoms with Crippen LogP contribution in [0.2, 0.25) is 0 Å². The van der Waals surface area contributed by atoms with Crippen LogP contribution in [-0.4, -0.2) is 95.5 Å². The van der Waals surface area contributed by atoms with Gasteiger partial charge in [-0.3, -0.25) is 28.8 Å². The smallest absolute Gasteiger partial charge is 0.326 e. The van der Waals surface area contributed by atoms with Crippen molar-refractivity contribution >= 4 is 41.4 Å². The van der Waals surface area contributed by atoms with Gasteiger partial charge in [0.15, 0.2) is 0 Å². The van der Waals surface area contributed by atoms with Crippen molar-refractivity contribution in [2.75, 3.05) is 19.7 Å². The molecular weight excluding hydrogens is 484 g/mol. The van der Waals surface area contributed by atoms with E-state index in [2.05, 4.69) is 21.3 Å². The van der Waals surface area contributed by atoms with Gasteiger partial charge in [0.1, 0.15) is 18.1 Å². The molecule has 0 aliphatic rings. The maximum absolute atomic E-state index is 12.5. The third-order valence-electron chi connectivity index (χ3n) is 4.62. The summed E-state index contributed by atoms with van der Waals surface area (Å²) < 4.78 is 0. The molecule has 0 aromatic heterocycles. The van der Waals surface area contributed by atoms with Gasteiger partial charge in [0, 0.05) is 0 Å². The summed E-state index contributed by atoms with van der Waals surface area (Å²) in [5.41, 5.74) is 20.9. The Hall–Kier alpha value is -3.83. The maximum Gasteiger partial charge on any atom is 0.326 e. The zero-order chi connectivity index (χ0) is 27.8. The first-order valence-electron chi connectivity index (χ1n) is 10.9. The molecule has 0 heterocycles. The first-order chi connectivity index (χ1) is 16.8. The van der Waals surface area contributed by atoms with Gasteiger partial charge < -0.3 is 54.4 Å². The average molecular weight is 519 g/mol. The van der Waals surface area contributed by atoms with Gasteiger partial charge >= 0.3 is 5.97 Å². The number of nitrogens with one attached hydrogen (secondary N) is 4. The van der Waals surface area contributed by atoms with Crippen LogP contribution in [0, 0.1) is 0 Å². The topological polar surface area (TPSA) is 312 Å². The van der Waals surface area contributed by atoms with Crippen molar-refractivity contribution in [2.24, 2.45) is 22.9 Å². The molecule has 0 unspecified atom stereocenters. The van der Waals surface area contributed by atoms with E-state index in [1.54, 1.807) is 0 Å². The minimum Gasteiger partial charge on any atom is -0.480 e. The Morgan fingerprint density at radius 1 is 0.750 bits per heavy atom. The Morgan fingerprint density at radius 3 is 1.83 bits per heavy atom. The van der Waals surface area contributed by atoms with E-state index in [0.717, 1.165) is 0 Å². The molecule has 204 valence electrons. The van der Waals surface area contributed by atoms with Crippen LogP contribution in [0.3, 0.4) is 0 Å². The summed E-state index contributed by atoms with van der Waals surface area (Å²) in [7, 11) is 0. The van der Waals surface area contributed by atoms with Gasteiger partial charge in [-0.2, -0.15) is 0 Å². The van der Waals surface area contributed by atoms with Crippen molar-refractivity contribution in [1.82, 2.24) is 21.3 Å². The highest BCUT2D eigenvalue weighted by molar-refractivity contribution is 5.97. The van der Waals surface area contributed by atoms with E-state index in [0.29, 0.717) is 19.4 Å². The largest absolute Gasteiger partial charge is 0.480 e. The fraction of sp³-hybridized carbons (Fsp3) is 0.632. The molecule has 0 aliphatic heterocycles. The molecule has 0 saturated heterocycles. The summed E-state index contributed by atoms with van der Waals surface area (Å²) in [6.07, 6.45) is -0.116. The van der Waals surface area contributed by atoms with E-state index >= 15 is 0 Å². The highest BCUT2D eigenvalue weighted by Crippen LogP contribution is 2.01. The lowest BCUT2D eigenvalue weighted by molar-refractivity contribution is -0.142. The second-order valence-corrected chi connectivity index (χ2v) is 7.71. The van der Waals surface area contributed by atoms with E-state index in [1.165, 1.54) is 0 Å². The average Bonchev–Trinajstić information content (AvgIpc) is 2.78. The molecule has 0 aliphatic carbocycles. The van der Waals surface area contributed by atoms with Gasteiger partial charge in [0.2, 0.25) is 35.4 Å². The van der Waals surface area contributed by atoms with E-state index in [9.17, 15) is 43.8 Å². The highest BCUT2D eigenvalue weighted by atomic mass is 16.4. The van der Waals surface area contributed by atoms with Gasteiger partial charge in [-0.15, -0.1) is 0 Å². The van der Waals surface area contributed by atoms with Crippen LogP contribution in [0.25, 0.3) is 0 Å². The molecule has 0 aromatic rings. The van der Waals surface area contributed by atoms with Crippen LogP contribution in [-0.2, 0) is 33.6 Å². The zero-order valence-corrected chi connectivity index (χ0v) is 19.5. The predicted octanol–water partition coefficient (Wildman–Crippen LogP) is -6.16. The fourth-order valence-corrected chi connectivity index (χ4v) is 2.75. The summed E-state index contributed by atoms with van der Waals surface area (Å²) in [5.74, 6) is -7.13. The van der Waals surface area contributed by atoms with Gasteiger partial charge in [-0.1, -0.05) is 0 Å². The number of rotatable bonds is 18. The highest BCUT2D eigenvalue weighted by Gasteiger charge is 2.29. The molecule has 0 fully saturated rings. The molecule has 0 saturated carbocycles. The number of carboxylic acids is 1. The van der Waals surface area contributed by atoms with Gasteiger partial charge in [-0.05, 0) is 25.8 Å². The maximum atomic E-state index is 12.5. The van der Waals surface area contributed by atoms with Crippen LogP contribution in [0.1, 0.15) is 32.1 Å². The summed E-state index contributed by atoms with van der Waals surface area (Å²) in [6, 6.07) is -5.85. The molecule has 14 N–H and O–H groups in total. The van der Waals surface area contributed by atoms with Crippen molar-refractivity contribution in [3.8, 4) is 0 Å². The van der Waals surface area contributed by atoms with Crippen molar-refractivity contribution in [2.45, 2.75) is 56.3 Å². The number of amides is 6. The molecule has 36 heavy (non-hydrogen) atoms. The third kappa shape index (κ3) is 13.2. The molecular formula is C19H34N8O9. The lowest BCUT2D eigenvalue weighted by Crippen LogP contribution is -2.58. The number of primary amides is 2. The number of unbranched alkanes of at least 4 members (excludes halogenated alkanes) is 1. The molecule has 0 aromatic carbocycles. The van der Waals surface area contributed by atoms with E-state index < -0.39 is 91.6 Å². The summed E-state index contributed by atoms with van der Waals surface area (Å²) in [6.45, 7) is -1.25. The number of aliphatic hydroxyl groups excluding tert-OH is 1. The Morgan fingerprint density at radius 2 is 1.33 bits per heavy atom.